The van der Waals surface area contributed by atoms with Gasteiger partial charge in [0.15, 0.2) is 0 Å². The number of nitro groups is 1. The summed E-state index contributed by atoms with van der Waals surface area (Å²) in [6.45, 7) is 4.03. The third-order valence-corrected chi connectivity index (χ3v) is 6.54. The van der Waals surface area contributed by atoms with Gasteiger partial charge < -0.3 is 14.8 Å². The minimum atomic E-state index is -0.672. The van der Waals surface area contributed by atoms with Crippen LogP contribution in [0.2, 0.25) is 0 Å². The standard InChI is InChI=1S/C25H23N5O5/c1-2-21(31)29-11-9-28(10-12-29)15-7-8-20(30(34)35)17(13-15)22-23(25(33)27-24(22)32)18-14-26-19-6-4-3-5-16(18)19/h3-8,13-14,26H,2,9-12H2,1H3,(H,27,32,33). The zero-order valence-corrected chi connectivity index (χ0v) is 19.0. The molecule has 10 nitrogen and oxygen atoms in total. The van der Waals surface area contributed by atoms with Gasteiger partial charge >= 0.3 is 0 Å². The van der Waals surface area contributed by atoms with Gasteiger partial charge in [-0.1, -0.05) is 25.1 Å². The summed E-state index contributed by atoms with van der Waals surface area (Å²) >= 11 is 0. The van der Waals surface area contributed by atoms with Crippen molar-refractivity contribution in [3.8, 4) is 0 Å². The van der Waals surface area contributed by atoms with Gasteiger partial charge in [-0.3, -0.25) is 29.8 Å². The van der Waals surface area contributed by atoms with Gasteiger partial charge in [-0.15, -0.1) is 0 Å². The van der Waals surface area contributed by atoms with E-state index in [1.54, 1.807) is 23.2 Å². The number of benzene rings is 2. The molecule has 2 N–H and O–H groups in total. The van der Waals surface area contributed by atoms with Gasteiger partial charge in [0.25, 0.3) is 17.5 Å². The lowest BCUT2D eigenvalue weighted by Crippen LogP contribution is -2.48. The van der Waals surface area contributed by atoms with Crippen molar-refractivity contribution in [1.82, 2.24) is 15.2 Å². The Morgan fingerprint density at radius 2 is 1.69 bits per heavy atom. The highest BCUT2D eigenvalue weighted by molar-refractivity contribution is 6.50. The number of carbonyl (C=O) groups excluding carboxylic acids is 3. The highest BCUT2D eigenvalue weighted by atomic mass is 16.6. The van der Waals surface area contributed by atoms with Crippen LogP contribution in [0, 0.1) is 10.1 Å². The Bertz CT molecular complexity index is 1410. The molecule has 0 spiro atoms. The van der Waals surface area contributed by atoms with Crippen LogP contribution < -0.4 is 10.2 Å². The summed E-state index contributed by atoms with van der Waals surface area (Å²) in [5.74, 6) is -1.18. The van der Waals surface area contributed by atoms with Crippen LogP contribution >= 0.6 is 0 Å². The number of aromatic nitrogens is 1. The number of imide groups is 1. The summed E-state index contributed by atoms with van der Waals surface area (Å²) in [5, 5.41) is 15.0. The summed E-state index contributed by atoms with van der Waals surface area (Å²) in [4.78, 5) is 56.1. The van der Waals surface area contributed by atoms with Crippen LogP contribution in [0.1, 0.15) is 24.5 Å². The van der Waals surface area contributed by atoms with Crippen molar-refractivity contribution in [2.24, 2.45) is 0 Å². The first-order valence-corrected chi connectivity index (χ1v) is 11.4. The topological polar surface area (TPSA) is 129 Å². The first-order chi connectivity index (χ1) is 16.9. The predicted molar refractivity (Wildman–Crippen MR) is 130 cm³/mol. The number of para-hydroxylation sites is 1. The smallest absolute Gasteiger partial charge is 0.277 e. The van der Waals surface area contributed by atoms with Crippen molar-refractivity contribution in [1.29, 1.82) is 0 Å². The molecule has 0 atom stereocenters. The number of H-pyrrole nitrogens is 1. The summed E-state index contributed by atoms with van der Waals surface area (Å²) < 4.78 is 0. The van der Waals surface area contributed by atoms with E-state index in [0.717, 1.165) is 10.9 Å². The van der Waals surface area contributed by atoms with Gasteiger partial charge in [-0.25, -0.2) is 0 Å². The largest absolute Gasteiger partial charge is 0.368 e. The van der Waals surface area contributed by atoms with Crippen LogP contribution in [-0.2, 0) is 14.4 Å². The third-order valence-electron chi connectivity index (χ3n) is 6.54. The van der Waals surface area contributed by atoms with E-state index in [-0.39, 0.29) is 28.3 Å². The minimum Gasteiger partial charge on any atom is -0.368 e. The maximum absolute atomic E-state index is 13.0. The predicted octanol–water partition coefficient (Wildman–Crippen LogP) is 2.70. The summed E-state index contributed by atoms with van der Waals surface area (Å²) in [6, 6.07) is 11.9. The molecule has 1 saturated heterocycles. The van der Waals surface area contributed by atoms with Gasteiger partial charge in [-0.05, 0) is 18.2 Å². The fourth-order valence-corrected chi connectivity index (χ4v) is 4.77. The number of nitro benzene ring substituents is 1. The number of aromatic amines is 1. The summed E-state index contributed by atoms with van der Waals surface area (Å²) in [5.41, 5.74) is 1.88. The molecular formula is C25H23N5O5. The zero-order chi connectivity index (χ0) is 24.7. The van der Waals surface area contributed by atoms with E-state index in [9.17, 15) is 24.5 Å². The maximum Gasteiger partial charge on any atom is 0.277 e. The molecule has 1 aromatic heterocycles. The number of piperazine rings is 1. The molecule has 5 rings (SSSR count). The number of nitrogens with one attached hydrogen (secondary N) is 2. The van der Waals surface area contributed by atoms with Crippen molar-refractivity contribution in [3.05, 3.63) is 69.9 Å². The third kappa shape index (κ3) is 3.82. The Labute approximate surface area is 200 Å². The van der Waals surface area contributed by atoms with Gasteiger partial charge in [-0.2, -0.15) is 0 Å². The molecule has 10 heteroatoms. The van der Waals surface area contributed by atoms with Crippen molar-refractivity contribution < 1.29 is 19.3 Å². The molecule has 0 aliphatic carbocycles. The minimum absolute atomic E-state index is 0.0203. The van der Waals surface area contributed by atoms with Crippen LogP contribution in [0.3, 0.4) is 0 Å². The molecule has 0 saturated carbocycles. The number of nitrogens with zero attached hydrogens (tertiary/aromatic N) is 3. The quantitative estimate of drug-likeness (QED) is 0.333. The van der Waals surface area contributed by atoms with Crippen molar-refractivity contribution in [3.63, 3.8) is 0 Å². The van der Waals surface area contributed by atoms with Gasteiger partial charge in [0.1, 0.15) is 0 Å². The van der Waals surface area contributed by atoms with E-state index in [0.29, 0.717) is 43.9 Å². The van der Waals surface area contributed by atoms with E-state index < -0.39 is 16.7 Å². The number of fused-ring (bicyclic) bond motifs is 1. The summed E-state index contributed by atoms with van der Waals surface area (Å²) in [6.07, 6.45) is 2.08. The Hall–Kier alpha value is -4.47. The number of hydrogen-bond acceptors (Lipinski definition) is 6. The molecule has 2 aliphatic heterocycles. The second kappa shape index (κ2) is 8.71. The Morgan fingerprint density at radius 1 is 1.00 bits per heavy atom. The Morgan fingerprint density at radius 3 is 2.37 bits per heavy atom. The average Bonchev–Trinajstić information content (AvgIpc) is 3.42. The lowest BCUT2D eigenvalue weighted by molar-refractivity contribution is -0.385. The fraction of sp³-hybridized carbons (Fsp3) is 0.240. The van der Waals surface area contributed by atoms with Gasteiger partial charge in [0, 0.05) is 67.0 Å². The molecule has 3 heterocycles. The second-order valence-electron chi connectivity index (χ2n) is 8.46. The molecule has 178 valence electrons. The molecule has 35 heavy (non-hydrogen) atoms. The number of anilines is 1. The fourth-order valence-electron chi connectivity index (χ4n) is 4.77. The van der Waals surface area contributed by atoms with Crippen LogP contribution in [0.5, 0.6) is 0 Å². The van der Waals surface area contributed by atoms with E-state index in [1.165, 1.54) is 6.07 Å². The van der Waals surface area contributed by atoms with Crippen LogP contribution in [0.15, 0.2) is 48.7 Å². The van der Waals surface area contributed by atoms with Gasteiger partial charge in [0.05, 0.1) is 21.6 Å². The highest BCUT2D eigenvalue weighted by Gasteiger charge is 2.37. The van der Waals surface area contributed by atoms with Crippen molar-refractivity contribution >= 4 is 51.1 Å². The Kier molecular flexibility index (Phi) is 5.56. The molecule has 1 fully saturated rings. The monoisotopic (exact) mass is 473 g/mol. The van der Waals surface area contributed by atoms with Crippen molar-refractivity contribution in [2.75, 3.05) is 31.1 Å². The Balaban J connectivity index is 1.62. The molecule has 2 aliphatic rings. The average molecular weight is 473 g/mol. The number of amides is 3. The molecule has 0 unspecified atom stereocenters. The first-order valence-electron chi connectivity index (χ1n) is 11.4. The molecule has 2 aromatic carbocycles. The SMILES string of the molecule is CCC(=O)N1CCN(c2ccc([N+](=O)[O-])c(C3=C(c4c[nH]c5ccccc45)C(=O)NC3=O)c2)CC1. The van der Waals surface area contributed by atoms with Crippen LogP contribution in [-0.4, -0.2) is 58.7 Å². The highest BCUT2D eigenvalue weighted by Crippen LogP contribution is 2.39. The maximum atomic E-state index is 13.0. The van der Waals surface area contributed by atoms with E-state index in [4.69, 9.17) is 0 Å². The van der Waals surface area contributed by atoms with E-state index >= 15 is 0 Å². The molecule has 0 bridgehead atoms. The molecular weight excluding hydrogens is 450 g/mol. The van der Waals surface area contributed by atoms with Crippen LogP contribution in [0.4, 0.5) is 11.4 Å². The molecule has 3 aromatic rings. The lowest BCUT2D eigenvalue weighted by atomic mass is 9.94. The van der Waals surface area contributed by atoms with Crippen molar-refractivity contribution in [2.45, 2.75) is 13.3 Å². The van der Waals surface area contributed by atoms with E-state index in [1.807, 2.05) is 36.1 Å². The van der Waals surface area contributed by atoms with Gasteiger partial charge in [0.2, 0.25) is 5.91 Å². The number of hydrogen-bond donors (Lipinski definition) is 2. The zero-order valence-electron chi connectivity index (χ0n) is 19.0. The number of carbonyl (C=O) groups is 3. The molecule has 0 radical (unpaired) electrons. The molecule has 3 amide bonds. The van der Waals surface area contributed by atoms with E-state index in [2.05, 4.69) is 10.3 Å². The first kappa shape index (κ1) is 22.3. The lowest BCUT2D eigenvalue weighted by Gasteiger charge is -2.36. The normalized spacial score (nSPS) is 16.3. The van der Waals surface area contributed by atoms with Crippen LogP contribution in [0.25, 0.3) is 22.0 Å². The number of rotatable bonds is 5. The second-order valence-corrected chi connectivity index (χ2v) is 8.46. The summed E-state index contributed by atoms with van der Waals surface area (Å²) in [7, 11) is 0.